The molecule has 0 radical (unpaired) electrons. The van der Waals surface area contributed by atoms with Gasteiger partial charge in [0.2, 0.25) is 5.91 Å². The molecule has 9 nitrogen and oxygen atoms in total. The highest BCUT2D eigenvalue weighted by Gasteiger charge is 2.67. The number of nitrogens with zero attached hydrogens (tertiary/aromatic N) is 1. The highest BCUT2D eigenvalue weighted by atomic mass is 16.5. The fourth-order valence-corrected chi connectivity index (χ4v) is 13.0. The molecule has 1 amide bonds. The monoisotopic (exact) mass is 752 g/mol. The van der Waals surface area contributed by atoms with Crippen LogP contribution >= 0.6 is 0 Å². The standard InChI is InChI=1S/C46H60N2O7/c1-23(2)36-39(53)34-33-27(30-20-42(4,5)55-43(6,7)35(30)38(33)52)19-28-29-18-25-13-14-31-44(8,16-11-12-24(3)41(54)47-21-26(50)22-49)32(51)15-17-45(31,9)46(25,10)40(29)48(36)37(28)34/h11-12,16,19-20,25-26,31-32,35-36,38,49-52H,1,13-15,17-18,21-22H2,2-10H3,(H,47,54)/b16-11+,24-12+. The van der Waals surface area contributed by atoms with Gasteiger partial charge in [-0.3, -0.25) is 9.59 Å². The molecule has 55 heavy (non-hydrogen) atoms. The first-order valence-corrected chi connectivity index (χ1v) is 20.3. The average molecular weight is 753 g/mol. The fraction of sp³-hybridized carbons (Fsp3) is 0.609. The van der Waals surface area contributed by atoms with Crippen molar-refractivity contribution in [1.29, 1.82) is 0 Å². The van der Waals surface area contributed by atoms with Crippen LogP contribution in [0.2, 0.25) is 0 Å². The van der Waals surface area contributed by atoms with Crippen LogP contribution in [0.5, 0.6) is 0 Å². The zero-order chi connectivity index (χ0) is 39.9. The van der Waals surface area contributed by atoms with Crippen molar-refractivity contribution in [3.63, 3.8) is 0 Å². The topological polar surface area (TPSA) is 141 Å². The minimum absolute atomic E-state index is 0.0110. The molecular weight excluding hydrogens is 693 g/mol. The van der Waals surface area contributed by atoms with Crippen LogP contribution in [0.3, 0.4) is 0 Å². The van der Waals surface area contributed by atoms with Crippen LogP contribution in [-0.2, 0) is 21.4 Å². The van der Waals surface area contributed by atoms with Crippen LogP contribution in [0, 0.1) is 28.6 Å². The van der Waals surface area contributed by atoms with Crippen molar-refractivity contribution in [2.24, 2.45) is 28.6 Å². The average Bonchev–Trinajstić information content (AvgIpc) is 3.77. The summed E-state index contributed by atoms with van der Waals surface area (Å²) < 4.78 is 8.87. The molecule has 296 valence electrons. The number of carbonyl (C=O) groups excluding carboxylic acids is 2. The number of fused-ring (bicyclic) bond motifs is 11. The zero-order valence-corrected chi connectivity index (χ0v) is 34.0. The van der Waals surface area contributed by atoms with Gasteiger partial charge >= 0.3 is 0 Å². The quantitative estimate of drug-likeness (QED) is 0.123. The van der Waals surface area contributed by atoms with Crippen LogP contribution in [0.1, 0.15) is 133 Å². The third-order valence-electron chi connectivity index (χ3n) is 15.5. The molecule has 6 aliphatic rings. The van der Waals surface area contributed by atoms with E-state index < -0.39 is 47.6 Å². The number of aliphatic hydroxyl groups is 4. The lowest BCUT2D eigenvalue weighted by molar-refractivity contribution is -0.144. The first-order valence-electron chi connectivity index (χ1n) is 20.3. The number of nitrogens with one attached hydrogen (secondary N) is 1. The zero-order valence-electron chi connectivity index (χ0n) is 34.0. The van der Waals surface area contributed by atoms with Crippen LogP contribution in [0.25, 0.3) is 16.5 Å². The molecule has 8 rings (SSSR count). The van der Waals surface area contributed by atoms with E-state index in [1.807, 2.05) is 26.8 Å². The molecule has 0 spiro atoms. The molecule has 2 saturated carbocycles. The van der Waals surface area contributed by atoms with Gasteiger partial charge in [-0.2, -0.15) is 0 Å². The van der Waals surface area contributed by atoms with Crippen molar-refractivity contribution in [2.75, 3.05) is 13.2 Å². The molecule has 1 aromatic carbocycles. The van der Waals surface area contributed by atoms with Gasteiger partial charge < -0.3 is 35.0 Å². The molecule has 0 bridgehead atoms. The first kappa shape index (κ1) is 38.5. The van der Waals surface area contributed by atoms with E-state index in [-0.39, 0.29) is 40.9 Å². The molecule has 2 aromatic rings. The number of aromatic nitrogens is 1. The van der Waals surface area contributed by atoms with Crippen molar-refractivity contribution in [1.82, 2.24) is 9.88 Å². The van der Waals surface area contributed by atoms with Gasteiger partial charge in [-0.1, -0.05) is 51.2 Å². The molecule has 2 fully saturated rings. The van der Waals surface area contributed by atoms with Crippen molar-refractivity contribution in [3.05, 3.63) is 76.0 Å². The Hall–Kier alpha value is -3.34. The van der Waals surface area contributed by atoms with E-state index in [0.29, 0.717) is 23.5 Å². The number of ether oxygens (including phenoxy) is 1. The van der Waals surface area contributed by atoms with Crippen molar-refractivity contribution in [3.8, 4) is 0 Å². The highest BCUT2D eigenvalue weighted by molar-refractivity contribution is 6.18. The summed E-state index contributed by atoms with van der Waals surface area (Å²) >= 11 is 0. The molecule has 2 aliphatic heterocycles. The van der Waals surface area contributed by atoms with Gasteiger partial charge in [0.25, 0.3) is 0 Å². The molecule has 10 atom stereocenters. The predicted octanol–water partition coefficient (Wildman–Crippen LogP) is 6.57. The Labute approximate surface area is 325 Å². The number of carbonyl (C=O) groups is 2. The lowest BCUT2D eigenvalue weighted by atomic mass is 9.40. The summed E-state index contributed by atoms with van der Waals surface area (Å²) in [4.78, 5) is 27.6. The van der Waals surface area contributed by atoms with Crippen LogP contribution in [-0.4, -0.2) is 73.2 Å². The number of Topliss-reactive ketones (excluding diaryl/α,β-unsaturated/α-hetero) is 1. The summed E-state index contributed by atoms with van der Waals surface area (Å²) in [7, 11) is 0. The third-order valence-corrected chi connectivity index (χ3v) is 15.5. The second-order valence-corrected chi connectivity index (χ2v) is 19.6. The molecular formula is C46H60N2O7. The Balaban J connectivity index is 1.26. The summed E-state index contributed by atoms with van der Waals surface area (Å²) in [6, 6.07) is 1.73. The number of allylic oxidation sites excluding steroid dienone is 3. The predicted molar refractivity (Wildman–Crippen MR) is 214 cm³/mol. The number of amides is 1. The molecule has 9 heteroatoms. The van der Waals surface area contributed by atoms with Gasteiger partial charge in [0.15, 0.2) is 5.78 Å². The largest absolute Gasteiger partial charge is 0.394 e. The van der Waals surface area contributed by atoms with E-state index in [2.05, 4.69) is 69.3 Å². The lowest BCUT2D eigenvalue weighted by Gasteiger charge is -2.64. The number of hydrogen-bond acceptors (Lipinski definition) is 7. The third kappa shape index (κ3) is 5.08. The second-order valence-electron chi connectivity index (χ2n) is 19.6. The molecule has 5 N–H and O–H groups in total. The molecule has 3 heterocycles. The van der Waals surface area contributed by atoms with Gasteiger partial charge in [0.05, 0.1) is 47.2 Å². The molecule has 4 aliphatic carbocycles. The van der Waals surface area contributed by atoms with E-state index >= 15 is 0 Å². The smallest absolute Gasteiger partial charge is 0.247 e. The first-order chi connectivity index (χ1) is 25.6. The van der Waals surface area contributed by atoms with E-state index in [1.54, 1.807) is 13.0 Å². The number of benzene rings is 1. The van der Waals surface area contributed by atoms with E-state index in [4.69, 9.17) is 9.84 Å². The van der Waals surface area contributed by atoms with Crippen molar-refractivity contribution < 1.29 is 34.8 Å². The maximum Gasteiger partial charge on any atom is 0.247 e. The normalized spacial score (nSPS) is 37.3. The summed E-state index contributed by atoms with van der Waals surface area (Å²) in [5.74, 6) is -0.131. The Morgan fingerprint density at radius 1 is 1.11 bits per heavy atom. The summed E-state index contributed by atoms with van der Waals surface area (Å²) in [5.41, 5.74) is 5.86. The van der Waals surface area contributed by atoms with Crippen LogP contribution in [0.15, 0.2) is 48.1 Å². The number of ketones is 1. The Bertz CT molecular complexity index is 2140. The van der Waals surface area contributed by atoms with E-state index in [9.17, 15) is 24.9 Å². The number of aliphatic hydroxyl groups excluding tert-OH is 4. The van der Waals surface area contributed by atoms with Gasteiger partial charge in [-0.25, -0.2) is 0 Å². The maximum atomic E-state index is 14.9. The fourth-order valence-electron chi connectivity index (χ4n) is 13.0. The maximum absolute atomic E-state index is 14.9. The van der Waals surface area contributed by atoms with Crippen molar-refractivity contribution in [2.45, 2.75) is 135 Å². The van der Waals surface area contributed by atoms with Crippen LogP contribution in [0.4, 0.5) is 0 Å². The van der Waals surface area contributed by atoms with Gasteiger partial charge in [-0.15, -0.1) is 0 Å². The van der Waals surface area contributed by atoms with Gasteiger partial charge in [0.1, 0.15) is 6.04 Å². The summed E-state index contributed by atoms with van der Waals surface area (Å²) in [5, 5.41) is 46.6. The minimum Gasteiger partial charge on any atom is -0.394 e. The number of hydrogen-bond donors (Lipinski definition) is 5. The second kappa shape index (κ2) is 12.3. The molecule has 0 saturated heterocycles. The number of rotatable bonds is 7. The summed E-state index contributed by atoms with van der Waals surface area (Å²) in [6.45, 7) is 22.8. The minimum atomic E-state index is -1.02. The molecule has 1 aromatic heterocycles. The summed E-state index contributed by atoms with van der Waals surface area (Å²) in [6.07, 6.45) is 9.76. The van der Waals surface area contributed by atoms with Crippen LogP contribution < -0.4 is 5.32 Å². The molecule has 10 unspecified atom stereocenters. The van der Waals surface area contributed by atoms with E-state index in [1.165, 1.54) is 11.3 Å². The SMILES string of the molecule is C=C(C)C1C(=O)c2c3c(cc4c5c(n1c24)C1(C)C(CCC2C(C)(/C=C/C=C(\C)C(=O)NCC(O)CO)C(O)CCC21C)C5)C1=CC(C)(C)OC(C)(C)C1C3O. The highest BCUT2D eigenvalue weighted by Crippen LogP contribution is 2.71. The Morgan fingerprint density at radius 2 is 1.82 bits per heavy atom. The van der Waals surface area contributed by atoms with Crippen molar-refractivity contribution >= 4 is 28.2 Å². The van der Waals surface area contributed by atoms with Gasteiger partial charge in [-0.05, 0) is 120 Å². The van der Waals surface area contributed by atoms with Gasteiger partial charge in [0, 0.05) is 45.5 Å². The Morgan fingerprint density at radius 3 is 2.49 bits per heavy atom. The lowest BCUT2D eigenvalue weighted by Crippen LogP contribution is -2.62. The Kier molecular flexibility index (Phi) is 8.64. The van der Waals surface area contributed by atoms with E-state index in [0.717, 1.165) is 58.9 Å².